The number of ether oxygens (including phenoxy) is 3. The quantitative estimate of drug-likeness (QED) is 0.0261. The number of carbonyl (C=O) groups excluding carboxylic acids is 3. The highest BCUT2D eigenvalue weighted by atomic mass is 16.6. The first kappa shape index (κ1) is 69.3. The van der Waals surface area contributed by atoms with Gasteiger partial charge in [0.05, 0.1) is 0 Å². The number of hydrogen-bond donors (Lipinski definition) is 0. The number of hydrogen-bond acceptors (Lipinski definition) is 6. The van der Waals surface area contributed by atoms with E-state index in [1.807, 2.05) is 0 Å². The lowest BCUT2D eigenvalue weighted by Gasteiger charge is -2.18. The molecule has 418 valence electrons. The molecule has 0 fully saturated rings. The van der Waals surface area contributed by atoms with E-state index in [0.29, 0.717) is 19.3 Å². The second kappa shape index (κ2) is 60.9. The molecule has 1 atom stereocenters. The zero-order valence-corrected chi connectivity index (χ0v) is 47.9. The highest BCUT2D eigenvalue weighted by Gasteiger charge is 2.19. The lowest BCUT2D eigenvalue weighted by atomic mass is 10.0. The summed E-state index contributed by atoms with van der Waals surface area (Å²) < 4.78 is 16.9. The van der Waals surface area contributed by atoms with Crippen LogP contribution in [0.15, 0.2) is 97.2 Å². The van der Waals surface area contributed by atoms with Crippen LogP contribution in [0.25, 0.3) is 0 Å². The Kier molecular flexibility index (Phi) is 57.8. The van der Waals surface area contributed by atoms with Crippen molar-refractivity contribution in [1.82, 2.24) is 0 Å². The molecule has 6 heteroatoms. The van der Waals surface area contributed by atoms with Crippen molar-refractivity contribution in [3.8, 4) is 0 Å². The molecular weight excluding hydrogens is 901 g/mol. The van der Waals surface area contributed by atoms with Gasteiger partial charge in [0.1, 0.15) is 13.2 Å². The fourth-order valence-corrected chi connectivity index (χ4v) is 8.54. The van der Waals surface area contributed by atoms with Gasteiger partial charge in [0.2, 0.25) is 0 Å². The lowest BCUT2D eigenvalue weighted by Crippen LogP contribution is -2.30. The van der Waals surface area contributed by atoms with E-state index in [0.717, 1.165) is 122 Å². The second-order valence-electron chi connectivity index (χ2n) is 20.2. The van der Waals surface area contributed by atoms with Gasteiger partial charge in [0, 0.05) is 19.3 Å². The van der Waals surface area contributed by atoms with Crippen molar-refractivity contribution in [3.05, 3.63) is 97.2 Å². The smallest absolute Gasteiger partial charge is 0.306 e. The predicted molar refractivity (Wildman–Crippen MR) is 316 cm³/mol. The Morgan fingerprint density at radius 2 is 0.534 bits per heavy atom. The molecule has 0 radical (unpaired) electrons. The molecule has 73 heavy (non-hydrogen) atoms. The number of carbonyl (C=O) groups is 3. The molecule has 0 saturated heterocycles. The zero-order chi connectivity index (χ0) is 52.9. The monoisotopic (exact) mass is 1010 g/mol. The topological polar surface area (TPSA) is 78.9 Å². The fourth-order valence-electron chi connectivity index (χ4n) is 8.54. The van der Waals surface area contributed by atoms with E-state index < -0.39 is 6.10 Å². The number of allylic oxidation sites excluding steroid dienone is 16. The van der Waals surface area contributed by atoms with Gasteiger partial charge in [0.15, 0.2) is 6.10 Å². The molecule has 0 aromatic carbocycles. The van der Waals surface area contributed by atoms with E-state index in [1.165, 1.54) is 128 Å². The summed E-state index contributed by atoms with van der Waals surface area (Å²) >= 11 is 0. The highest BCUT2D eigenvalue weighted by Crippen LogP contribution is 2.16. The van der Waals surface area contributed by atoms with Crippen LogP contribution in [0.5, 0.6) is 0 Å². The Bertz CT molecular complexity index is 1440. The second-order valence-corrected chi connectivity index (χ2v) is 20.2. The van der Waals surface area contributed by atoms with Crippen LogP contribution in [-0.2, 0) is 28.6 Å². The Labute approximate surface area is 451 Å². The summed E-state index contributed by atoms with van der Waals surface area (Å²) in [6.45, 7) is 6.41. The zero-order valence-electron chi connectivity index (χ0n) is 47.9. The molecule has 0 saturated carbocycles. The summed E-state index contributed by atoms with van der Waals surface area (Å²) in [7, 11) is 0. The van der Waals surface area contributed by atoms with E-state index >= 15 is 0 Å². The van der Waals surface area contributed by atoms with Gasteiger partial charge in [-0.3, -0.25) is 14.4 Å². The molecular formula is C67H114O6. The van der Waals surface area contributed by atoms with Crippen molar-refractivity contribution in [2.45, 2.75) is 297 Å². The molecule has 1 unspecified atom stereocenters. The minimum absolute atomic E-state index is 0.0919. The maximum absolute atomic E-state index is 12.9. The molecule has 6 nitrogen and oxygen atoms in total. The Morgan fingerprint density at radius 1 is 0.288 bits per heavy atom. The van der Waals surface area contributed by atoms with Crippen molar-refractivity contribution in [2.75, 3.05) is 13.2 Å². The third-order valence-corrected chi connectivity index (χ3v) is 13.1. The maximum Gasteiger partial charge on any atom is 0.306 e. The molecule has 0 aliphatic rings. The van der Waals surface area contributed by atoms with Crippen LogP contribution in [0, 0.1) is 0 Å². The lowest BCUT2D eigenvalue weighted by molar-refractivity contribution is -0.167. The highest BCUT2D eigenvalue weighted by molar-refractivity contribution is 5.71. The molecule has 0 aromatic rings. The first-order valence-corrected chi connectivity index (χ1v) is 30.7. The van der Waals surface area contributed by atoms with Crippen molar-refractivity contribution < 1.29 is 28.6 Å². The van der Waals surface area contributed by atoms with Crippen LogP contribution < -0.4 is 0 Å². The van der Waals surface area contributed by atoms with Crippen LogP contribution in [-0.4, -0.2) is 37.2 Å². The average Bonchev–Trinajstić information content (AvgIpc) is 3.39. The molecule has 0 heterocycles. The molecule has 0 spiro atoms. The molecule has 0 bridgehead atoms. The van der Waals surface area contributed by atoms with Gasteiger partial charge >= 0.3 is 17.9 Å². The van der Waals surface area contributed by atoms with Gasteiger partial charge in [-0.15, -0.1) is 0 Å². The van der Waals surface area contributed by atoms with Gasteiger partial charge < -0.3 is 14.2 Å². The molecule has 0 aliphatic carbocycles. The number of rotatable bonds is 55. The summed E-state index contributed by atoms with van der Waals surface area (Å²) in [5.41, 5.74) is 0. The maximum atomic E-state index is 12.9. The van der Waals surface area contributed by atoms with Crippen molar-refractivity contribution in [1.29, 1.82) is 0 Å². The van der Waals surface area contributed by atoms with Crippen molar-refractivity contribution >= 4 is 17.9 Å². The first-order valence-electron chi connectivity index (χ1n) is 30.7. The van der Waals surface area contributed by atoms with Gasteiger partial charge in [-0.1, -0.05) is 272 Å². The minimum atomic E-state index is -0.796. The van der Waals surface area contributed by atoms with E-state index in [-0.39, 0.29) is 31.1 Å². The van der Waals surface area contributed by atoms with Crippen molar-refractivity contribution in [2.24, 2.45) is 0 Å². The summed E-state index contributed by atoms with van der Waals surface area (Å²) in [6, 6.07) is 0. The van der Waals surface area contributed by atoms with Crippen LogP contribution in [0.3, 0.4) is 0 Å². The molecule has 0 aliphatic heterocycles. The minimum Gasteiger partial charge on any atom is -0.462 e. The Balaban J connectivity index is 4.44. The van der Waals surface area contributed by atoms with Crippen LogP contribution in [0.2, 0.25) is 0 Å². The first-order chi connectivity index (χ1) is 36.0. The van der Waals surface area contributed by atoms with Gasteiger partial charge in [-0.2, -0.15) is 0 Å². The Hall–Kier alpha value is -3.67. The van der Waals surface area contributed by atoms with Crippen LogP contribution >= 0.6 is 0 Å². The van der Waals surface area contributed by atoms with Crippen LogP contribution in [0.1, 0.15) is 290 Å². The van der Waals surface area contributed by atoms with Gasteiger partial charge in [-0.05, 0) is 96.3 Å². The third-order valence-electron chi connectivity index (χ3n) is 13.1. The van der Waals surface area contributed by atoms with Crippen molar-refractivity contribution in [3.63, 3.8) is 0 Å². The van der Waals surface area contributed by atoms with E-state index in [9.17, 15) is 14.4 Å². The van der Waals surface area contributed by atoms with E-state index in [1.54, 1.807) is 0 Å². The van der Waals surface area contributed by atoms with E-state index in [2.05, 4.69) is 118 Å². The van der Waals surface area contributed by atoms with Gasteiger partial charge in [0.25, 0.3) is 0 Å². The number of unbranched alkanes of at least 4 members (excludes halogenated alkanes) is 28. The largest absolute Gasteiger partial charge is 0.462 e. The Morgan fingerprint density at radius 3 is 0.849 bits per heavy atom. The molecule has 0 N–H and O–H groups in total. The van der Waals surface area contributed by atoms with Crippen LogP contribution in [0.4, 0.5) is 0 Å². The average molecular weight is 1020 g/mol. The standard InChI is InChI=1S/C67H114O6/c1-4-7-10-13-16-19-22-25-28-31-33-36-39-42-45-48-51-54-57-60-66(69)72-63-64(62-71-65(68)59-56-53-50-47-44-41-38-35-30-27-24-21-18-15-12-9-6-3)73-67(70)61-58-55-52-49-46-43-40-37-34-32-29-26-23-20-17-14-11-8-5-2/h7,9-10,12,16,18-19,21,25,27-28,30,33,36,42,45,64H,4-6,8,11,13-15,17,20,22-24,26,29,31-32,34-35,37-41,43-44,46-63H2,1-3H3/b10-7-,12-9-,19-16-,21-18-,28-25-,30-27-,36-33-,45-42-. The number of esters is 3. The summed E-state index contributed by atoms with van der Waals surface area (Å²) in [5.74, 6) is -0.924. The van der Waals surface area contributed by atoms with E-state index in [4.69, 9.17) is 14.2 Å². The molecule has 0 rings (SSSR count). The summed E-state index contributed by atoms with van der Waals surface area (Å²) in [4.78, 5) is 38.3. The summed E-state index contributed by atoms with van der Waals surface area (Å²) in [6.07, 6.45) is 81.2. The third kappa shape index (κ3) is 59.1. The summed E-state index contributed by atoms with van der Waals surface area (Å²) in [5, 5.41) is 0. The predicted octanol–water partition coefficient (Wildman–Crippen LogP) is 20.9. The van der Waals surface area contributed by atoms with Gasteiger partial charge in [-0.25, -0.2) is 0 Å². The SMILES string of the molecule is CC/C=C\C/C=C\C/C=C\C/C=C\C/C=C\CCCCCC(=O)OCC(COC(=O)CCCCCCCCC/C=C\C/C=C\C/C=C\CC)OC(=O)CCCCCCCCCCCCCCCCCCCCC. The molecule has 0 amide bonds. The fraction of sp³-hybridized carbons (Fsp3) is 0.716. The normalized spacial score (nSPS) is 12.8. The molecule has 0 aromatic heterocycles.